The number of carbonyl (C=O) groups is 2. The van der Waals surface area contributed by atoms with Crippen LogP contribution in [0.5, 0.6) is 0 Å². The molecule has 5 nitrogen and oxygen atoms in total. The summed E-state index contributed by atoms with van der Waals surface area (Å²) in [5.41, 5.74) is 0. The Bertz CT molecular complexity index is 313. The van der Waals surface area contributed by atoms with Crippen LogP contribution < -0.4 is 5.32 Å². The third-order valence-electron chi connectivity index (χ3n) is 3.87. The standard InChI is InChI=1S/C16H29NO4/c1-3-4-5-6-7-8-10-13(16(19)20-2)17-15(18)14-11-9-12-21-14/h13-14H,3-12H2,1-2H3,(H,17,18)/t13-,14+/m1/s1. The largest absolute Gasteiger partial charge is 0.467 e. The summed E-state index contributed by atoms with van der Waals surface area (Å²) in [7, 11) is 1.36. The molecule has 0 saturated carbocycles. The van der Waals surface area contributed by atoms with Crippen LogP contribution in [-0.4, -0.2) is 37.7 Å². The van der Waals surface area contributed by atoms with Gasteiger partial charge in [-0.1, -0.05) is 45.4 Å². The van der Waals surface area contributed by atoms with Crippen molar-refractivity contribution in [2.75, 3.05) is 13.7 Å². The van der Waals surface area contributed by atoms with Crippen LogP contribution in [0.2, 0.25) is 0 Å². The molecule has 0 aromatic carbocycles. The molecule has 0 unspecified atom stereocenters. The van der Waals surface area contributed by atoms with Crippen LogP contribution >= 0.6 is 0 Å². The van der Waals surface area contributed by atoms with Crippen molar-refractivity contribution < 1.29 is 19.1 Å². The number of nitrogens with one attached hydrogen (secondary N) is 1. The van der Waals surface area contributed by atoms with Crippen molar-refractivity contribution in [3.8, 4) is 0 Å². The van der Waals surface area contributed by atoms with Gasteiger partial charge in [0.05, 0.1) is 7.11 Å². The molecule has 0 radical (unpaired) electrons. The van der Waals surface area contributed by atoms with E-state index in [1.165, 1.54) is 32.8 Å². The molecule has 1 amide bonds. The summed E-state index contributed by atoms with van der Waals surface area (Å²) in [6, 6.07) is -0.544. The van der Waals surface area contributed by atoms with E-state index in [1.807, 2.05) is 0 Å². The van der Waals surface area contributed by atoms with Crippen LogP contribution in [0.4, 0.5) is 0 Å². The molecule has 21 heavy (non-hydrogen) atoms. The minimum absolute atomic E-state index is 0.186. The molecule has 0 aromatic rings. The van der Waals surface area contributed by atoms with Gasteiger partial charge in [0.15, 0.2) is 0 Å². The summed E-state index contributed by atoms with van der Waals surface area (Å²) in [5, 5.41) is 2.77. The molecule has 5 heteroatoms. The highest BCUT2D eigenvalue weighted by molar-refractivity contribution is 5.87. The van der Waals surface area contributed by atoms with E-state index >= 15 is 0 Å². The van der Waals surface area contributed by atoms with Gasteiger partial charge in [-0.25, -0.2) is 4.79 Å². The van der Waals surface area contributed by atoms with E-state index in [2.05, 4.69) is 12.2 Å². The lowest BCUT2D eigenvalue weighted by Gasteiger charge is -2.18. The summed E-state index contributed by atoms with van der Waals surface area (Å²) >= 11 is 0. The lowest BCUT2D eigenvalue weighted by Crippen LogP contribution is -2.45. The van der Waals surface area contributed by atoms with Crippen molar-refractivity contribution in [1.82, 2.24) is 5.32 Å². The van der Waals surface area contributed by atoms with Crippen molar-refractivity contribution >= 4 is 11.9 Å². The topological polar surface area (TPSA) is 64.6 Å². The molecule has 1 aliphatic heterocycles. The van der Waals surface area contributed by atoms with Gasteiger partial charge in [-0.15, -0.1) is 0 Å². The molecular weight excluding hydrogens is 270 g/mol. The van der Waals surface area contributed by atoms with Crippen molar-refractivity contribution in [3.63, 3.8) is 0 Å². The first-order valence-electron chi connectivity index (χ1n) is 8.18. The van der Waals surface area contributed by atoms with Crippen molar-refractivity contribution in [2.24, 2.45) is 0 Å². The van der Waals surface area contributed by atoms with Crippen molar-refractivity contribution in [2.45, 2.75) is 76.9 Å². The smallest absolute Gasteiger partial charge is 0.328 e. The molecule has 0 bridgehead atoms. The van der Waals surface area contributed by atoms with E-state index in [1.54, 1.807) is 0 Å². The van der Waals surface area contributed by atoms with Gasteiger partial charge < -0.3 is 14.8 Å². The average molecular weight is 299 g/mol. The van der Waals surface area contributed by atoms with Gasteiger partial charge in [0, 0.05) is 6.61 Å². The number of hydrogen-bond donors (Lipinski definition) is 1. The quantitative estimate of drug-likeness (QED) is 0.497. The third kappa shape index (κ3) is 6.93. The molecule has 1 fully saturated rings. The summed E-state index contributed by atoms with van der Waals surface area (Å²) < 4.78 is 10.1. The highest BCUT2D eigenvalue weighted by Crippen LogP contribution is 2.14. The molecule has 1 N–H and O–H groups in total. The monoisotopic (exact) mass is 299 g/mol. The second-order valence-electron chi connectivity index (χ2n) is 5.64. The molecule has 122 valence electrons. The van der Waals surface area contributed by atoms with Crippen LogP contribution in [0.15, 0.2) is 0 Å². The summed E-state index contributed by atoms with van der Waals surface area (Å²) in [4.78, 5) is 23.8. The zero-order valence-electron chi connectivity index (χ0n) is 13.4. The minimum Gasteiger partial charge on any atom is -0.467 e. The van der Waals surface area contributed by atoms with E-state index in [0.717, 1.165) is 25.7 Å². The summed E-state index contributed by atoms with van der Waals surface area (Å²) in [6.07, 6.45) is 8.79. The number of ether oxygens (including phenoxy) is 2. The Morgan fingerprint density at radius 2 is 1.95 bits per heavy atom. The van der Waals surface area contributed by atoms with Gasteiger partial charge in [0.2, 0.25) is 5.91 Å². The number of carbonyl (C=O) groups excluding carboxylic acids is 2. The first kappa shape index (κ1) is 18.0. The highest BCUT2D eigenvalue weighted by Gasteiger charge is 2.28. The fourth-order valence-electron chi connectivity index (χ4n) is 2.57. The summed E-state index contributed by atoms with van der Waals surface area (Å²) in [5.74, 6) is -0.552. The summed E-state index contributed by atoms with van der Waals surface area (Å²) in [6.45, 7) is 2.81. The Labute approximate surface area is 127 Å². The van der Waals surface area contributed by atoms with Crippen LogP contribution in [0, 0.1) is 0 Å². The third-order valence-corrected chi connectivity index (χ3v) is 3.87. The Kier molecular flexibility index (Phi) is 9.06. The average Bonchev–Trinajstić information content (AvgIpc) is 3.03. The number of unbranched alkanes of at least 4 members (excludes halogenated alkanes) is 5. The number of hydrogen-bond acceptors (Lipinski definition) is 4. The van der Waals surface area contributed by atoms with Crippen molar-refractivity contribution in [3.05, 3.63) is 0 Å². The maximum Gasteiger partial charge on any atom is 0.328 e. The fraction of sp³-hybridized carbons (Fsp3) is 0.875. The molecule has 1 rings (SSSR count). The van der Waals surface area contributed by atoms with E-state index < -0.39 is 12.1 Å². The predicted molar refractivity (Wildman–Crippen MR) is 80.9 cm³/mol. The van der Waals surface area contributed by atoms with E-state index in [-0.39, 0.29) is 11.9 Å². The Morgan fingerprint density at radius 1 is 1.24 bits per heavy atom. The SMILES string of the molecule is CCCCCCCC[C@@H](NC(=O)[C@@H]1CCCO1)C(=O)OC. The van der Waals surface area contributed by atoms with Gasteiger partial charge >= 0.3 is 5.97 Å². The number of esters is 1. The molecule has 1 heterocycles. The van der Waals surface area contributed by atoms with E-state index in [9.17, 15) is 9.59 Å². The molecule has 0 aromatic heterocycles. The lowest BCUT2D eigenvalue weighted by atomic mass is 10.1. The number of methoxy groups -OCH3 is 1. The first-order valence-corrected chi connectivity index (χ1v) is 8.18. The molecule has 2 atom stereocenters. The predicted octanol–water partition coefficient (Wildman–Crippen LogP) is 2.57. The highest BCUT2D eigenvalue weighted by atomic mass is 16.5. The van der Waals surface area contributed by atoms with Crippen LogP contribution in [0.25, 0.3) is 0 Å². The lowest BCUT2D eigenvalue weighted by molar-refractivity contribution is -0.146. The Balaban J connectivity index is 2.30. The zero-order valence-corrected chi connectivity index (χ0v) is 13.4. The zero-order chi connectivity index (χ0) is 15.5. The second-order valence-corrected chi connectivity index (χ2v) is 5.64. The number of rotatable bonds is 10. The van der Waals surface area contributed by atoms with Gasteiger partial charge in [0.1, 0.15) is 12.1 Å². The molecule has 0 aliphatic carbocycles. The minimum atomic E-state index is -0.544. The van der Waals surface area contributed by atoms with Gasteiger partial charge in [-0.05, 0) is 19.3 Å². The molecule has 0 spiro atoms. The molecule has 1 saturated heterocycles. The fourth-order valence-corrected chi connectivity index (χ4v) is 2.57. The normalized spacial score (nSPS) is 19.2. The van der Waals surface area contributed by atoms with Crippen molar-refractivity contribution in [1.29, 1.82) is 0 Å². The Hall–Kier alpha value is -1.10. The van der Waals surface area contributed by atoms with Crippen LogP contribution in [-0.2, 0) is 19.1 Å². The first-order chi connectivity index (χ1) is 10.2. The van der Waals surface area contributed by atoms with Gasteiger partial charge in [-0.3, -0.25) is 4.79 Å². The van der Waals surface area contributed by atoms with E-state index in [4.69, 9.17) is 9.47 Å². The second kappa shape index (κ2) is 10.6. The number of amides is 1. The van der Waals surface area contributed by atoms with Gasteiger partial charge in [0.25, 0.3) is 0 Å². The molecule has 1 aliphatic rings. The van der Waals surface area contributed by atoms with Crippen LogP contribution in [0.1, 0.15) is 64.7 Å². The maximum absolute atomic E-state index is 12.0. The maximum atomic E-state index is 12.0. The van der Waals surface area contributed by atoms with E-state index in [0.29, 0.717) is 13.0 Å². The van der Waals surface area contributed by atoms with Crippen LogP contribution in [0.3, 0.4) is 0 Å². The Morgan fingerprint density at radius 3 is 2.57 bits per heavy atom. The van der Waals surface area contributed by atoms with Gasteiger partial charge in [-0.2, -0.15) is 0 Å². The molecular formula is C16H29NO4.